The molecule has 136 valence electrons. The van der Waals surface area contributed by atoms with Gasteiger partial charge in [-0.15, -0.1) is 24.5 Å². The molecular weight excluding hydrogens is 343 g/mol. The largest absolute Gasteiger partial charge is 0.203 e. The van der Waals surface area contributed by atoms with Crippen LogP contribution in [0.5, 0.6) is 0 Å². The van der Waals surface area contributed by atoms with Crippen molar-refractivity contribution in [2.75, 3.05) is 17.3 Å². The smallest absolute Gasteiger partial charge is 0.0490 e. The molecule has 0 aromatic heterocycles. The molecule has 0 aromatic rings. The Bertz CT molecular complexity index is 203. The van der Waals surface area contributed by atoms with E-state index in [1.165, 1.54) is 94.3 Å². The van der Waals surface area contributed by atoms with Crippen LogP contribution in [-0.2, 0) is 0 Å². The summed E-state index contributed by atoms with van der Waals surface area (Å²) in [5, 5.41) is 0. The molecule has 0 bridgehead atoms. The Morgan fingerprint density at radius 1 is 0.545 bits per heavy atom. The summed E-state index contributed by atoms with van der Waals surface area (Å²) >= 11 is 9.84. The maximum Gasteiger partial charge on any atom is 0.0490 e. The highest BCUT2D eigenvalue weighted by atomic mass is 33.4. The molecule has 4 heteroatoms. The molecule has 0 aliphatic rings. The highest BCUT2D eigenvalue weighted by Gasteiger charge is 2.28. The van der Waals surface area contributed by atoms with E-state index in [0.29, 0.717) is 0 Å². The zero-order valence-electron chi connectivity index (χ0n) is 15.4. The predicted molar refractivity (Wildman–Crippen MR) is 120 cm³/mol. The molecule has 0 fully saturated rings. The molecule has 0 N–H and O–H groups in total. The molecule has 22 heavy (non-hydrogen) atoms. The Labute approximate surface area is 154 Å². The third-order valence-electron chi connectivity index (χ3n) is 4.48. The van der Waals surface area contributed by atoms with Crippen molar-refractivity contribution in [3.8, 4) is 0 Å². The van der Waals surface area contributed by atoms with Gasteiger partial charge in [0, 0.05) is 5.53 Å². The van der Waals surface area contributed by atoms with E-state index in [4.69, 9.17) is 24.5 Å². The summed E-state index contributed by atoms with van der Waals surface area (Å²) in [5.74, 6) is 4.35. The summed E-state index contributed by atoms with van der Waals surface area (Å²) in [6.07, 6.45) is 16.7. The van der Waals surface area contributed by atoms with Crippen molar-refractivity contribution in [1.82, 2.24) is 0 Å². The molecule has 0 nitrogen and oxygen atoms in total. The monoisotopic (exact) mass is 384 g/mol. The van der Waals surface area contributed by atoms with Crippen LogP contribution in [0.4, 0.5) is 0 Å². The van der Waals surface area contributed by atoms with Gasteiger partial charge in [-0.3, -0.25) is 0 Å². The van der Waals surface area contributed by atoms with E-state index in [0.717, 1.165) is 0 Å². The van der Waals surface area contributed by atoms with Gasteiger partial charge in [-0.05, 0) is 36.5 Å². The molecule has 0 saturated carbocycles. The van der Waals surface area contributed by atoms with E-state index in [9.17, 15) is 0 Å². The van der Waals surface area contributed by atoms with E-state index < -0.39 is 9.65 Å². The van der Waals surface area contributed by atoms with Crippen LogP contribution in [0.3, 0.4) is 0 Å². The van der Waals surface area contributed by atoms with Crippen molar-refractivity contribution >= 4 is 39.7 Å². The van der Waals surface area contributed by atoms with Gasteiger partial charge in [-0.25, -0.2) is 9.65 Å². The average molecular weight is 385 g/mol. The molecule has 0 atom stereocenters. The van der Waals surface area contributed by atoms with E-state index in [2.05, 4.69) is 20.8 Å². The first-order chi connectivity index (χ1) is 10.6. The van der Waals surface area contributed by atoms with Gasteiger partial charge in [0.1, 0.15) is 0 Å². The standard InChI is InChI=1S/C18H41PS3/c1-4-7-10-13-16-22(19(20)21,17-14-11-8-5-2)18-15-12-9-6-3/h20-21H,4-18H2,1-3H3. The minimum Gasteiger partial charge on any atom is -0.203 e. The zero-order chi connectivity index (χ0) is 16.7. The van der Waals surface area contributed by atoms with E-state index >= 15 is 0 Å². The van der Waals surface area contributed by atoms with Crippen LogP contribution in [0, 0.1) is 0 Å². The van der Waals surface area contributed by atoms with Gasteiger partial charge in [0.25, 0.3) is 0 Å². The van der Waals surface area contributed by atoms with Crippen molar-refractivity contribution in [2.45, 2.75) is 97.8 Å². The minimum atomic E-state index is -0.561. The third-order valence-corrected chi connectivity index (χ3v) is 18.3. The van der Waals surface area contributed by atoms with E-state index in [-0.39, 0.29) is 5.53 Å². The van der Waals surface area contributed by atoms with Gasteiger partial charge in [0.05, 0.1) is 0 Å². The van der Waals surface area contributed by atoms with Crippen LogP contribution in [0.15, 0.2) is 0 Å². The van der Waals surface area contributed by atoms with Crippen molar-refractivity contribution in [3.63, 3.8) is 0 Å². The summed E-state index contributed by atoms with van der Waals surface area (Å²) in [6, 6.07) is 0. The number of hydrogen-bond donors (Lipinski definition) is 2. The molecule has 0 radical (unpaired) electrons. The number of hydrogen-bond acceptors (Lipinski definition) is 2. The van der Waals surface area contributed by atoms with Crippen molar-refractivity contribution in [1.29, 1.82) is 0 Å². The fourth-order valence-electron chi connectivity index (χ4n) is 2.94. The fraction of sp³-hybridized carbons (Fsp3) is 1.00. The maximum atomic E-state index is 4.92. The van der Waals surface area contributed by atoms with Crippen molar-refractivity contribution < 1.29 is 0 Å². The molecule has 0 amide bonds. The molecule has 0 aliphatic heterocycles. The second-order valence-electron chi connectivity index (χ2n) is 6.55. The first-order valence-corrected chi connectivity index (χ1v) is 16.0. The lowest BCUT2D eigenvalue weighted by atomic mass is 10.2. The van der Waals surface area contributed by atoms with Crippen molar-refractivity contribution in [3.05, 3.63) is 0 Å². The summed E-state index contributed by atoms with van der Waals surface area (Å²) in [4.78, 5) is 0. The minimum absolute atomic E-state index is 0.339. The highest BCUT2D eigenvalue weighted by molar-refractivity contribution is 9.14. The molecule has 0 saturated heterocycles. The Kier molecular flexibility index (Phi) is 17.1. The van der Waals surface area contributed by atoms with Gasteiger partial charge >= 0.3 is 0 Å². The Hall–Kier alpha value is 1.48. The summed E-state index contributed by atoms with van der Waals surface area (Å²) in [6.45, 7) is 6.92. The number of rotatable bonds is 16. The van der Waals surface area contributed by atoms with Crippen LogP contribution in [0.2, 0.25) is 0 Å². The first-order valence-electron chi connectivity index (χ1n) is 9.57. The van der Waals surface area contributed by atoms with Crippen LogP contribution in [-0.4, -0.2) is 17.3 Å². The Morgan fingerprint density at radius 2 is 0.864 bits per heavy atom. The summed E-state index contributed by atoms with van der Waals surface area (Å²) < 4.78 is 0. The Morgan fingerprint density at radius 3 is 1.09 bits per heavy atom. The SMILES string of the molecule is CCCCCCS(CCCCCC)(CCCCCC)P(S)S. The van der Waals surface area contributed by atoms with Gasteiger partial charge in [-0.1, -0.05) is 78.6 Å². The molecule has 0 aromatic carbocycles. The van der Waals surface area contributed by atoms with Crippen LogP contribution in [0.25, 0.3) is 0 Å². The van der Waals surface area contributed by atoms with E-state index in [1.54, 1.807) is 0 Å². The van der Waals surface area contributed by atoms with Gasteiger partial charge in [-0.2, -0.15) is 0 Å². The van der Waals surface area contributed by atoms with E-state index in [1.807, 2.05) is 0 Å². The van der Waals surface area contributed by atoms with Crippen LogP contribution in [0.1, 0.15) is 97.8 Å². The zero-order valence-corrected chi connectivity index (χ0v) is 18.9. The second-order valence-corrected chi connectivity index (χ2v) is 18.7. The molecule has 0 heterocycles. The molecule has 0 aliphatic carbocycles. The quantitative estimate of drug-likeness (QED) is 0.148. The molecule has 0 spiro atoms. The summed E-state index contributed by atoms with van der Waals surface area (Å²) in [7, 11) is -0.561. The first kappa shape index (κ1) is 23.5. The second kappa shape index (κ2) is 16.0. The topological polar surface area (TPSA) is 0 Å². The number of unbranched alkanes of at least 4 members (excludes halogenated alkanes) is 9. The molecular formula is C18H41PS3. The summed E-state index contributed by atoms with van der Waals surface area (Å²) in [5.41, 5.74) is -0.339. The van der Waals surface area contributed by atoms with Crippen molar-refractivity contribution in [2.24, 2.45) is 0 Å². The van der Waals surface area contributed by atoms with Gasteiger partial charge in [0.15, 0.2) is 0 Å². The third kappa shape index (κ3) is 11.1. The van der Waals surface area contributed by atoms with Crippen LogP contribution < -0.4 is 0 Å². The molecule has 0 rings (SSSR count). The lowest BCUT2D eigenvalue weighted by Crippen LogP contribution is -2.11. The lowest BCUT2D eigenvalue weighted by Gasteiger charge is -2.43. The van der Waals surface area contributed by atoms with Gasteiger partial charge < -0.3 is 0 Å². The van der Waals surface area contributed by atoms with Gasteiger partial charge in [0.2, 0.25) is 0 Å². The normalized spacial score (nSPS) is 13.0. The average Bonchev–Trinajstić information content (AvgIpc) is 2.51. The molecule has 0 unspecified atom stereocenters. The predicted octanol–water partition coefficient (Wildman–Crippen LogP) is 8.62. The maximum absolute atomic E-state index is 4.92. The highest BCUT2D eigenvalue weighted by Crippen LogP contribution is 2.81. The lowest BCUT2D eigenvalue weighted by molar-refractivity contribution is 0.690. The van der Waals surface area contributed by atoms with Crippen LogP contribution >= 0.6 is 39.7 Å². The fourth-order valence-corrected chi connectivity index (χ4v) is 13.3. The number of thiol groups is 2. The Balaban J connectivity index is 4.48.